The summed E-state index contributed by atoms with van der Waals surface area (Å²) in [6.45, 7) is 23.4. The average Bonchev–Trinajstić information content (AvgIpc) is 4.32. The third-order valence-corrected chi connectivity index (χ3v) is 17.2. The summed E-state index contributed by atoms with van der Waals surface area (Å²) in [6, 6.07) is 72.0. The predicted octanol–water partition coefficient (Wildman–Crippen LogP) is 20.8. The Bertz CT molecular complexity index is 4360. The number of hydrogen-bond donors (Lipinski definition) is 0. The number of nitrogens with zero attached hydrogens (tertiary/aromatic N) is 2. The maximum atomic E-state index is 6.84. The van der Waals surface area contributed by atoms with E-state index in [2.05, 4.69) is 273 Å². The molecule has 4 heteroatoms. The van der Waals surface area contributed by atoms with Crippen molar-refractivity contribution in [1.29, 1.82) is 0 Å². The van der Waals surface area contributed by atoms with Crippen LogP contribution in [-0.4, -0.2) is 0 Å². The molecule has 0 unspecified atom stereocenters. The van der Waals surface area contributed by atoms with E-state index < -0.39 is 0 Å². The van der Waals surface area contributed by atoms with Gasteiger partial charge in [-0.25, -0.2) is 0 Å². The number of hydrogen-bond acceptors (Lipinski definition) is 4. The van der Waals surface area contributed by atoms with Crippen LogP contribution in [0.5, 0.6) is 0 Å². The maximum absolute atomic E-state index is 6.84. The number of furan rings is 2. The zero-order chi connectivity index (χ0) is 52.2. The molecule has 0 N–H and O–H groups in total. The summed E-state index contributed by atoms with van der Waals surface area (Å²) < 4.78 is 13.6. The molecule has 2 aromatic heterocycles. The maximum Gasteiger partial charge on any atom is 0.159 e. The lowest BCUT2D eigenvalue weighted by atomic mass is 9.77. The van der Waals surface area contributed by atoms with Crippen molar-refractivity contribution in [2.24, 2.45) is 0 Å². The van der Waals surface area contributed by atoms with E-state index in [1.165, 1.54) is 66.4 Å². The second-order valence-electron chi connectivity index (χ2n) is 24.6. The van der Waals surface area contributed by atoms with Gasteiger partial charge in [0.25, 0.3) is 0 Å². The minimum absolute atomic E-state index is 0.0144. The molecule has 0 saturated carbocycles. The largest absolute Gasteiger partial charge is 0.454 e. The summed E-state index contributed by atoms with van der Waals surface area (Å²) in [4.78, 5) is 4.85. The van der Waals surface area contributed by atoms with Crippen LogP contribution in [0.1, 0.15) is 103 Å². The van der Waals surface area contributed by atoms with Gasteiger partial charge in [-0.3, -0.25) is 0 Å². The van der Waals surface area contributed by atoms with Crippen molar-refractivity contribution in [3.8, 4) is 22.3 Å². The van der Waals surface area contributed by atoms with Crippen molar-refractivity contribution in [1.82, 2.24) is 0 Å². The zero-order valence-electron chi connectivity index (χ0n) is 45.2. The highest BCUT2D eigenvalue weighted by molar-refractivity contribution is 6.15. The molecule has 0 atom stereocenters. The number of para-hydroxylation sites is 4. The molecule has 0 spiro atoms. The second kappa shape index (κ2) is 16.1. The van der Waals surface area contributed by atoms with Crippen LogP contribution in [0.4, 0.5) is 34.1 Å². The van der Waals surface area contributed by atoms with Crippen molar-refractivity contribution < 1.29 is 8.83 Å². The first kappa shape index (κ1) is 46.2. The fourth-order valence-corrected chi connectivity index (χ4v) is 13.0. The first-order valence-corrected chi connectivity index (χ1v) is 27.0. The lowest BCUT2D eigenvalue weighted by Gasteiger charge is -2.30. The molecule has 0 radical (unpaired) electrons. The minimum Gasteiger partial charge on any atom is -0.454 e. The fourth-order valence-electron chi connectivity index (χ4n) is 13.0. The van der Waals surface area contributed by atoms with E-state index >= 15 is 0 Å². The van der Waals surface area contributed by atoms with Gasteiger partial charge in [-0.2, -0.15) is 0 Å². The highest BCUT2D eigenvalue weighted by Crippen LogP contribution is 2.60. The van der Waals surface area contributed by atoms with Gasteiger partial charge in [0.05, 0.1) is 17.1 Å². The van der Waals surface area contributed by atoms with Crippen LogP contribution in [0.3, 0.4) is 0 Å². The Morgan fingerprint density at radius 2 is 0.776 bits per heavy atom. The first-order valence-electron chi connectivity index (χ1n) is 27.0. The quantitative estimate of drug-likeness (QED) is 0.166. The van der Waals surface area contributed by atoms with Crippen LogP contribution in [-0.2, 0) is 21.7 Å². The van der Waals surface area contributed by atoms with Gasteiger partial charge < -0.3 is 18.6 Å². The van der Waals surface area contributed by atoms with Crippen LogP contribution >= 0.6 is 0 Å². The normalized spacial score (nSPS) is 14.4. The van der Waals surface area contributed by atoms with Gasteiger partial charge in [0.15, 0.2) is 11.2 Å². The molecule has 0 amide bonds. The van der Waals surface area contributed by atoms with E-state index in [0.717, 1.165) is 78.0 Å². The van der Waals surface area contributed by atoms with E-state index in [1.807, 2.05) is 0 Å². The van der Waals surface area contributed by atoms with Crippen molar-refractivity contribution in [3.05, 3.63) is 228 Å². The third kappa shape index (κ3) is 6.75. The summed E-state index contributed by atoms with van der Waals surface area (Å²) >= 11 is 0. The molecule has 10 aromatic carbocycles. The van der Waals surface area contributed by atoms with Gasteiger partial charge in [-0.05, 0) is 145 Å². The van der Waals surface area contributed by atoms with Gasteiger partial charge in [-0.15, -0.1) is 0 Å². The number of fused-ring (bicyclic) bond motifs is 14. The molecule has 2 aliphatic rings. The lowest BCUT2D eigenvalue weighted by molar-refractivity contribution is 0.590. The highest BCUT2D eigenvalue weighted by Gasteiger charge is 2.43. The molecule has 76 heavy (non-hydrogen) atoms. The summed E-state index contributed by atoms with van der Waals surface area (Å²) in [5, 5.41) is 6.90. The molecule has 0 saturated heterocycles. The molecule has 4 nitrogen and oxygen atoms in total. The van der Waals surface area contributed by atoms with Gasteiger partial charge in [0.1, 0.15) is 11.2 Å². The van der Waals surface area contributed by atoms with Crippen LogP contribution in [0.15, 0.2) is 203 Å². The van der Waals surface area contributed by atoms with E-state index in [-0.39, 0.29) is 21.7 Å². The zero-order valence-corrected chi connectivity index (χ0v) is 45.2. The number of benzene rings is 10. The molecular weight excluding hydrogens is 925 g/mol. The third-order valence-electron chi connectivity index (χ3n) is 17.2. The molecule has 0 aliphatic heterocycles. The molecule has 14 rings (SSSR count). The topological polar surface area (TPSA) is 32.8 Å². The first-order chi connectivity index (χ1) is 36.5. The molecule has 0 bridgehead atoms. The average molecular weight is 987 g/mol. The monoisotopic (exact) mass is 986 g/mol. The summed E-state index contributed by atoms with van der Waals surface area (Å²) in [7, 11) is 0. The van der Waals surface area contributed by atoms with Crippen LogP contribution in [0, 0.1) is 0 Å². The Morgan fingerprint density at radius 3 is 1.34 bits per heavy atom. The Kier molecular flexibility index (Phi) is 9.78. The summed E-state index contributed by atoms with van der Waals surface area (Å²) in [5.41, 5.74) is 22.6. The van der Waals surface area contributed by atoms with Gasteiger partial charge in [-0.1, -0.05) is 191 Å². The van der Waals surface area contributed by atoms with E-state index in [9.17, 15) is 0 Å². The second-order valence-corrected chi connectivity index (χ2v) is 24.6. The summed E-state index contributed by atoms with van der Waals surface area (Å²) in [6.07, 6.45) is 0. The number of rotatable bonds is 6. The van der Waals surface area contributed by atoms with Gasteiger partial charge >= 0.3 is 0 Å². The van der Waals surface area contributed by atoms with Crippen molar-refractivity contribution in [3.63, 3.8) is 0 Å². The number of anilines is 6. The van der Waals surface area contributed by atoms with Gasteiger partial charge in [0.2, 0.25) is 0 Å². The van der Waals surface area contributed by atoms with Crippen LogP contribution < -0.4 is 9.80 Å². The smallest absolute Gasteiger partial charge is 0.159 e. The lowest BCUT2D eigenvalue weighted by Crippen LogP contribution is -2.20. The van der Waals surface area contributed by atoms with E-state index in [0.29, 0.717) is 0 Å². The summed E-state index contributed by atoms with van der Waals surface area (Å²) in [5.74, 6) is 0. The fraction of sp³-hybridized carbons (Fsp3) is 0.194. The van der Waals surface area contributed by atoms with Gasteiger partial charge in [0, 0.05) is 54.8 Å². The Balaban J connectivity index is 0.943. The Morgan fingerprint density at radius 1 is 0.329 bits per heavy atom. The molecule has 372 valence electrons. The Hall–Kier alpha value is -8.34. The van der Waals surface area contributed by atoms with E-state index in [4.69, 9.17) is 8.83 Å². The van der Waals surface area contributed by atoms with Crippen molar-refractivity contribution >= 4 is 88.8 Å². The SMILES string of the molecule is CC(C)(C)c1ccc(N(c2ccc3c(c2)C(C)(C)c2cc4c(cc2-3)-c2c(cc(N(c3ccc(C(C)(C)C)cc3)c3cccc5c3oc3ccccc35)c3ccccc23)C4(C)C)c2cccc3c2oc2ccccc23)cc1. The molecule has 2 heterocycles. The van der Waals surface area contributed by atoms with Crippen molar-refractivity contribution in [2.75, 3.05) is 9.80 Å². The molecule has 12 aromatic rings. The van der Waals surface area contributed by atoms with Crippen LogP contribution in [0.25, 0.3) is 76.9 Å². The Labute approximate surface area is 445 Å². The standard InChI is InChI=1S/C72H62N2O2/c1-69(2,3)43-29-33-45(34-30-43)73(61-25-17-23-53-50-20-13-15-27-64(50)75-67(53)61)47-37-38-48-55-40-56-59(41-58(55)71(7,8)57(48)39-47)72(9,10)60-42-63(49-19-11-12-22-52(49)66(56)60)74(46-35-31-44(32-36-46)70(4,5)6)62-26-18-24-54-51-21-14-16-28-65(51)76-68(54)62/h11-42H,1-10H3. The molecule has 2 aliphatic carbocycles. The minimum atomic E-state index is -0.317. The molecule has 0 fully saturated rings. The molecular formula is C72H62N2O2. The predicted molar refractivity (Wildman–Crippen MR) is 320 cm³/mol. The highest BCUT2D eigenvalue weighted by atomic mass is 16.3. The van der Waals surface area contributed by atoms with Crippen molar-refractivity contribution in [2.45, 2.75) is 90.9 Å². The van der Waals surface area contributed by atoms with E-state index in [1.54, 1.807) is 0 Å². The van der Waals surface area contributed by atoms with Crippen LogP contribution in [0.2, 0.25) is 0 Å².